The third-order valence-electron chi connectivity index (χ3n) is 2.50. The second-order valence-corrected chi connectivity index (χ2v) is 3.43. The minimum absolute atomic E-state index is 0.0417. The van der Waals surface area contributed by atoms with Gasteiger partial charge in [0.25, 0.3) is 0 Å². The normalized spacial score (nSPS) is 31.9. The van der Waals surface area contributed by atoms with Crippen LogP contribution in [0.25, 0.3) is 0 Å². The average molecular weight is 142 g/mol. The number of rotatable bonds is 2. The zero-order valence-electron chi connectivity index (χ0n) is 6.50. The molecule has 0 saturated heterocycles. The molecule has 2 nitrogen and oxygen atoms in total. The first-order valence-electron chi connectivity index (χ1n) is 3.85. The predicted molar refractivity (Wildman–Crippen MR) is 38.7 cm³/mol. The van der Waals surface area contributed by atoms with Gasteiger partial charge in [-0.2, -0.15) is 0 Å². The molecule has 0 bridgehead atoms. The number of hydrogen-bond acceptors (Lipinski definition) is 1. The summed E-state index contributed by atoms with van der Waals surface area (Å²) in [5.41, 5.74) is 0. The van der Waals surface area contributed by atoms with E-state index in [4.69, 9.17) is 5.11 Å². The van der Waals surface area contributed by atoms with Gasteiger partial charge in [-0.15, -0.1) is 0 Å². The third-order valence-corrected chi connectivity index (χ3v) is 2.50. The lowest BCUT2D eigenvalue weighted by Gasteiger charge is -2.36. The van der Waals surface area contributed by atoms with E-state index in [-0.39, 0.29) is 5.92 Å². The van der Waals surface area contributed by atoms with Crippen LogP contribution in [0.15, 0.2) is 0 Å². The molecule has 0 amide bonds. The molecule has 0 heterocycles. The van der Waals surface area contributed by atoms with E-state index in [1.807, 2.05) is 0 Å². The summed E-state index contributed by atoms with van der Waals surface area (Å²) >= 11 is 0. The fourth-order valence-electron chi connectivity index (χ4n) is 1.63. The van der Waals surface area contributed by atoms with Gasteiger partial charge >= 0.3 is 5.97 Å². The van der Waals surface area contributed by atoms with Gasteiger partial charge in [-0.05, 0) is 24.7 Å². The van der Waals surface area contributed by atoms with Gasteiger partial charge in [-0.1, -0.05) is 13.8 Å². The van der Waals surface area contributed by atoms with Crippen LogP contribution in [0.5, 0.6) is 0 Å². The molecule has 1 aliphatic rings. The Kier molecular flexibility index (Phi) is 1.97. The molecule has 1 rings (SSSR count). The van der Waals surface area contributed by atoms with Crippen LogP contribution in [0.3, 0.4) is 0 Å². The maximum atomic E-state index is 10.5. The van der Waals surface area contributed by atoms with Crippen LogP contribution in [0.4, 0.5) is 0 Å². The Morgan fingerprint density at radius 3 is 2.20 bits per heavy atom. The predicted octanol–water partition coefficient (Wildman–Crippen LogP) is 1.75. The zero-order chi connectivity index (χ0) is 7.72. The van der Waals surface area contributed by atoms with E-state index >= 15 is 0 Å². The van der Waals surface area contributed by atoms with Gasteiger partial charge in [0.2, 0.25) is 0 Å². The molecule has 0 radical (unpaired) electrons. The summed E-state index contributed by atoms with van der Waals surface area (Å²) in [6.07, 6.45) is 1.99. The highest BCUT2D eigenvalue weighted by Crippen LogP contribution is 2.39. The van der Waals surface area contributed by atoms with Crippen molar-refractivity contribution in [3.63, 3.8) is 0 Å². The van der Waals surface area contributed by atoms with Crippen molar-refractivity contribution in [2.45, 2.75) is 26.7 Å². The first-order chi connectivity index (χ1) is 4.63. The molecule has 0 aromatic heterocycles. The second-order valence-electron chi connectivity index (χ2n) is 3.43. The minimum Gasteiger partial charge on any atom is -0.481 e. The fourth-order valence-corrected chi connectivity index (χ4v) is 1.63. The van der Waals surface area contributed by atoms with Crippen LogP contribution in [-0.4, -0.2) is 11.1 Å². The van der Waals surface area contributed by atoms with Crippen LogP contribution < -0.4 is 0 Å². The molecule has 10 heavy (non-hydrogen) atoms. The maximum Gasteiger partial charge on any atom is 0.306 e. The van der Waals surface area contributed by atoms with Gasteiger partial charge in [-0.25, -0.2) is 0 Å². The molecule has 1 aliphatic carbocycles. The summed E-state index contributed by atoms with van der Waals surface area (Å²) in [6, 6.07) is 0. The molecular formula is C8H14O2. The highest BCUT2D eigenvalue weighted by Gasteiger charge is 2.37. The highest BCUT2D eigenvalue weighted by atomic mass is 16.4. The second kappa shape index (κ2) is 2.60. The van der Waals surface area contributed by atoms with Crippen molar-refractivity contribution in [2.24, 2.45) is 17.8 Å². The molecule has 0 spiro atoms. The number of carboxylic acids is 1. The van der Waals surface area contributed by atoms with Crippen LogP contribution in [0, 0.1) is 17.8 Å². The topological polar surface area (TPSA) is 37.3 Å². The highest BCUT2D eigenvalue weighted by molar-refractivity contribution is 5.71. The van der Waals surface area contributed by atoms with Gasteiger partial charge in [0.1, 0.15) is 0 Å². The summed E-state index contributed by atoms with van der Waals surface area (Å²) in [4.78, 5) is 10.5. The van der Waals surface area contributed by atoms with E-state index in [0.717, 1.165) is 12.8 Å². The van der Waals surface area contributed by atoms with Crippen molar-refractivity contribution in [2.75, 3.05) is 0 Å². The summed E-state index contributed by atoms with van der Waals surface area (Å²) in [5.74, 6) is 0.331. The SMILES string of the molecule is CC(C)C1CCC1C(=O)O. The summed E-state index contributed by atoms with van der Waals surface area (Å²) in [7, 11) is 0. The molecule has 1 N–H and O–H groups in total. The van der Waals surface area contributed by atoms with Gasteiger partial charge in [0.15, 0.2) is 0 Å². The molecule has 0 aromatic carbocycles. The Hall–Kier alpha value is -0.530. The third kappa shape index (κ3) is 1.15. The van der Waals surface area contributed by atoms with E-state index in [0.29, 0.717) is 11.8 Å². The Morgan fingerprint density at radius 2 is 2.10 bits per heavy atom. The molecule has 2 heteroatoms. The molecule has 1 saturated carbocycles. The zero-order valence-corrected chi connectivity index (χ0v) is 6.50. The quantitative estimate of drug-likeness (QED) is 0.637. The first kappa shape index (κ1) is 7.58. The van der Waals surface area contributed by atoms with Crippen molar-refractivity contribution in [1.82, 2.24) is 0 Å². The van der Waals surface area contributed by atoms with Crippen molar-refractivity contribution in [1.29, 1.82) is 0 Å². The lowest BCUT2D eigenvalue weighted by Crippen LogP contribution is -2.35. The molecular weight excluding hydrogens is 128 g/mol. The largest absolute Gasteiger partial charge is 0.481 e. The summed E-state index contributed by atoms with van der Waals surface area (Å²) < 4.78 is 0. The van der Waals surface area contributed by atoms with E-state index < -0.39 is 5.97 Å². The molecule has 1 fully saturated rings. The number of hydrogen-bond donors (Lipinski definition) is 1. The lowest BCUT2D eigenvalue weighted by molar-refractivity contribution is -0.149. The van der Waals surface area contributed by atoms with Gasteiger partial charge in [0, 0.05) is 0 Å². The Labute approximate surface area is 61.2 Å². The van der Waals surface area contributed by atoms with Crippen molar-refractivity contribution < 1.29 is 9.90 Å². The smallest absolute Gasteiger partial charge is 0.306 e. The Balaban J connectivity index is 2.43. The summed E-state index contributed by atoms with van der Waals surface area (Å²) in [5, 5.41) is 8.65. The van der Waals surface area contributed by atoms with Crippen molar-refractivity contribution in [3.05, 3.63) is 0 Å². The van der Waals surface area contributed by atoms with Crippen LogP contribution in [0.2, 0.25) is 0 Å². The maximum absolute atomic E-state index is 10.5. The van der Waals surface area contributed by atoms with Gasteiger partial charge < -0.3 is 5.11 Å². The van der Waals surface area contributed by atoms with E-state index in [9.17, 15) is 4.79 Å². The Morgan fingerprint density at radius 1 is 1.50 bits per heavy atom. The number of carboxylic acid groups (broad SMARTS) is 1. The first-order valence-corrected chi connectivity index (χ1v) is 3.85. The lowest BCUT2D eigenvalue weighted by atomic mass is 9.68. The fraction of sp³-hybridized carbons (Fsp3) is 0.875. The average Bonchev–Trinajstić information content (AvgIpc) is 1.56. The molecule has 0 aliphatic heterocycles. The van der Waals surface area contributed by atoms with Crippen LogP contribution >= 0.6 is 0 Å². The molecule has 2 atom stereocenters. The van der Waals surface area contributed by atoms with Gasteiger partial charge in [-0.3, -0.25) is 4.79 Å². The minimum atomic E-state index is -0.607. The number of aliphatic carboxylic acids is 1. The Bertz CT molecular complexity index is 140. The standard InChI is InChI=1S/C8H14O2/c1-5(2)6-3-4-7(6)8(9)10/h5-7H,3-4H2,1-2H3,(H,9,10). The van der Waals surface area contributed by atoms with Crippen molar-refractivity contribution in [3.8, 4) is 0 Å². The van der Waals surface area contributed by atoms with E-state index in [1.54, 1.807) is 0 Å². The molecule has 2 unspecified atom stereocenters. The van der Waals surface area contributed by atoms with E-state index in [2.05, 4.69) is 13.8 Å². The monoisotopic (exact) mass is 142 g/mol. The van der Waals surface area contributed by atoms with E-state index in [1.165, 1.54) is 0 Å². The van der Waals surface area contributed by atoms with Crippen LogP contribution in [-0.2, 0) is 4.79 Å². The molecule has 58 valence electrons. The van der Waals surface area contributed by atoms with Gasteiger partial charge in [0.05, 0.1) is 5.92 Å². The molecule has 0 aromatic rings. The number of carbonyl (C=O) groups is 1. The van der Waals surface area contributed by atoms with Crippen LogP contribution in [0.1, 0.15) is 26.7 Å². The van der Waals surface area contributed by atoms with Crippen molar-refractivity contribution >= 4 is 5.97 Å². The summed E-state index contributed by atoms with van der Waals surface area (Å²) in [6.45, 7) is 4.19.